The molecule has 0 N–H and O–H groups in total. The smallest absolute Gasteiger partial charge is 0.106 e. The summed E-state index contributed by atoms with van der Waals surface area (Å²) in [5.41, 5.74) is 8.05. The molecule has 38 heavy (non-hydrogen) atoms. The van der Waals surface area contributed by atoms with Gasteiger partial charge in [-0.15, -0.1) is 5.10 Å². The molecule has 0 unspecified atom stereocenters. The molecule has 0 aliphatic rings. The molecule has 0 saturated carbocycles. The van der Waals surface area contributed by atoms with Gasteiger partial charge in [-0.05, 0) is 71.3 Å². The minimum Gasteiger partial charge on any atom is -0.311 e. The lowest BCUT2D eigenvalue weighted by Gasteiger charge is -2.25. The summed E-state index contributed by atoms with van der Waals surface area (Å²) in [5.74, 6) is 0. The van der Waals surface area contributed by atoms with E-state index in [1.54, 1.807) is 17.1 Å². The maximum Gasteiger partial charge on any atom is 0.106 e. The molecule has 5 aromatic rings. The first-order chi connectivity index (χ1) is 18.7. The van der Waals surface area contributed by atoms with Crippen LogP contribution in [-0.2, 0) is 0 Å². The molecule has 0 fully saturated rings. The average Bonchev–Trinajstić information content (AvgIpc) is 3.46. The molecule has 0 bridgehead atoms. The number of anilines is 3. The van der Waals surface area contributed by atoms with Crippen molar-refractivity contribution in [2.24, 2.45) is 0 Å². The predicted octanol–water partition coefficient (Wildman–Crippen LogP) is 8.66. The third-order valence-electron chi connectivity index (χ3n) is 6.07. The lowest BCUT2D eigenvalue weighted by molar-refractivity contribution is 0.750. The highest BCUT2D eigenvalue weighted by molar-refractivity contribution is 5.86. The second-order valence-electron chi connectivity index (χ2n) is 8.60. The molecule has 4 heteroatoms. The maximum absolute atomic E-state index is 4.67. The van der Waals surface area contributed by atoms with Crippen LogP contribution in [0.4, 0.5) is 17.1 Å². The van der Waals surface area contributed by atoms with Gasteiger partial charge in [0.05, 0.1) is 11.9 Å². The van der Waals surface area contributed by atoms with Gasteiger partial charge in [-0.1, -0.05) is 98.1 Å². The molecule has 1 aromatic heterocycles. The Morgan fingerprint density at radius 1 is 0.711 bits per heavy atom. The summed E-state index contributed by atoms with van der Waals surface area (Å²) in [4.78, 5) is 3.88. The van der Waals surface area contributed by atoms with Gasteiger partial charge >= 0.3 is 0 Å². The summed E-state index contributed by atoms with van der Waals surface area (Å²) in [6, 6.07) is 37.2. The molecule has 4 nitrogen and oxygen atoms in total. The third-order valence-corrected chi connectivity index (χ3v) is 6.07. The van der Waals surface area contributed by atoms with Gasteiger partial charge < -0.3 is 4.90 Å². The van der Waals surface area contributed by atoms with E-state index in [-0.39, 0.29) is 0 Å². The summed E-state index contributed by atoms with van der Waals surface area (Å²) >= 11 is 0. The summed E-state index contributed by atoms with van der Waals surface area (Å²) in [5, 5.41) is 9.17. The Hall–Kier alpha value is -5.22. The maximum atomic E-state index is 4.67. The highest BCUT2D eigenvalue weighted by Gasteiger charge is 2.13. The zero-order chi connectivity index (χ0) is 26.2. The summed E-state index contributed by atoms with van der Waals surface area (Å²) in [7, 11) is 0. The highest BCUT2D eigenvalue weighted by Crippen LogP contribution is 2.34. The van der Waals surface area contributed by atoms with E-state index in [0.29, 0.717) is 0 Å². The van der Waals surface area contributed by atoms with Crippen LogP contribution in [0.3, 0.4) is 0 Å². The van der Waals surface area contributed by atoms with Crippen LogP contribution < -0.4 is 4.90 Å². The zero-order valence-electron chi connectivity index (χ0n) is 21.1. The lowest BCUT2D eigenvalue weighted by Crippen LogP contribution is -2.10. The number of aromatic nitrogens is 3. The van der Waals surface area contributed by atoms with Gasteiger partial charge in [-0.2, -0.15) is 9.90 Å². The molecule has 5 rings (SSSR count). The van der Waals surface area contributed by atoms with Crippen LogP contribution >= 0.6 is 0 Å². The first-order valence-electron chi connectivity index (χ1n) is 12.4. The quantitative estimate of drug-likeness (QED) is 0.193. The van der Waals surface area contributed by atoms with E-state index in [0.717, 1.165) is 45.1 Å². The monoisotopic (exact) mass is 492 g/mol. The molecule has 1 heterocycles. The fraction of sp³-hybridized carbons (Fsp3) is 0. The van der Waals surface area contributed by atoms with Gasteiger partial charge in [-0.25, -0.2) is 0 Å². The van der Waals surface area contributed by atoms with Crippen molar-refractivity contribution in [2.45, 2.75) is 0 Å². The molecular formula is C34H28N4. The normalized spacial score (nSPS) is 11.4. The number of allylic oxidation sites excluding steroid dienone is 4. The molecule has 0 amide bonds. The predicted molar refractivity (Wildman–Crippen MR) is 160 cm³/mol. The van der Waals surface area contributed by atoms with Gasteiger partial charge in [0, 0.05) is 17.1 Å². The second-order valence-corrected chi connectivity index (χ2v) is 8.60. The first kappa shape index (κ1) is 24.5. The van der Waals surface area contributed by atoms with E-state index < -0.39 is 0 Å². The van der Waals surface area contributed by atoms with Crippen molar-refractivity contribution in [2.75, 3.05) is 4.90 Å². The van der Waals surface area contributed by atoms with E-state index in [4.69, 9.17) is 0 Å². The Morgan fingerprint density at radius 3 is 1.95 bits per heavy atom. The molecule has 0 aliphatic carbocycles. The van der Waals surface area contributed by atoms with Crippen molar-refractivity contribution in [1.82, 2.24) is 15.0 Å². The summed E-state index contributed by atoms with van der Waals surface area (Å²) in [6.45, 7) is 7.71. The van der Waals surface area contributed by atoms with Gasteiger partial charge in [0.1, 0.15) is 5.69 Å². The zero-order valence-corrected chi connectivity index (χ0v) is 21.1. The van der Waals surface area contributed by atoms with Crippen LogP contribution in [-0.4, -0.2) is 15.0 Å². The SMILES string of the molecule is C=C/C=C\c1ccc(N(c2ccccc2)c2ccc(-n3ncc(/C=C(\C=C)c4ccccc4)n3)cc2)cc1. The Kier molecular flexibility index (Phi) is 7.52. The topological polar surface area (TPSA) is 34.0 Å². The van der Waals surface area contributed by atoms with E-state index in [1.165, 1.54) is 0 Å². The number of nitrogens with zero attached hydrogens (tertiary/aromatic N) is 4. The van der Waals surface area contributed by atoms with Crippen molar-refractivity contribution < 1.29 is 0 Å². The number of benzene rings is 4. The second kappa shape index (κ2) is 11.7. The number of hydrogen-bond acceptors (Lipinski definition) is 3. The molecule has 4 aromatic carbocycles. The molecule has 0 aliphatic heterocycles. The molecular weight excluding hydrogens is 464 g/mol. The molecule has 0 radical (unpaired) electrons. The van der Waals surface area contributed by atoms with E-state index in [1.807, 2.05) is 72.8 Å². The van der Waals surface area contributed by atoms with Crippen molar-refractivity contribution in [3.63, 3.8) is 0 Å². The van der Waals surface area contributed by atoms with Crippen LogP contribution in [0.5, 0.6) is 0 Å². The molecule has 0 spiro atoms. The van der Waals surface area contributed by atoms with Crippen LogP contribution in [0.15, 0.2) is 147 Å². The molecule has 184 valence electrons. The standard InChI is InChI=1S/C34H28N4/c1-3-5-12-27-17-19-32(20-18-27)37(31-15-10-7-11-16-31)33-21-23-34(24-22-33)38-35-26-30(36-38)25-28(4-2)29-13-8-6-9-14-29/h3-26H,1-2H2/b12-5-,28-25+. The lowest BCUT2D eigenvalue weighted by atomic mass is 10.1. The molecule has 0 atom stereocenters. The highest BCUT2D eigenvalue weighted by atomic mass is 15.5. The number of hydrogen-bond donors (Lipinski definition) is 0. The Balaban J connectivity index is 1.43. The first-order valence-corrected chi connectivity index (χ1v) is 12.4. The number of para-hydroxylation sites is 1. The average molecular weight is 493 g/mol. The third kappa shape index (κ3) is 5.61. The Bertz CT molecular complexity index is 1560. The van der Waals surface area contributed by atoms with E-state index >= 15 is 0 Å². The van der Waals surface area contributed by atoms with Crippen molar-refractivity contribution >= 4 is 34.8 Å². The van der Waals surface area contributed by atoms with E-state index in [2.05, 4.69) is 88.9 Å². The van der Waals surface area contributed by atoms with Crippen LogP contribution in [0.1, 0.15) is 16.8 Å². The Labute approximate surface area is 223 Å². The van der Waals surface area contributed by atoms with Gasteiger partial charge in [0.15, 0.2) is 0 Å². The minimum atomic E-state index is 0.768. The minimum absolute atomic E-state index is 0.768. The van der Waals surface area contributed by atoms with Gasteiger partial charge in [0.2, 0.25) is 0 Å². The molecule has 0 saturated heterocycles. The van der Waals surface area contributed by atoms with E-state index in [9.17, 15) is 0 Å². The Morgan fingerprint density at radius 2 is 1.32 bits per heavy atom. The fourth-order valence-corrected chi connectivity index (χ4v) is 4.19. The van der Waals surface area contributed by atoms with Crippen LogP contribution in [0.2, 0.25) is 0 Å². The summed E-state index contributed by atoms with van der Waals surface area (Å²) in [6.07, 6.45) is 11.3. The van der Waals surface area contributed by atoms with Crippen molar-refractivity contribution in [3.8, 4) is 5.69 Å². The van der Waals surface area contributed by atoms with Crippen LogP contribution in [0, 0.1) is 0 Å². The fourth-order valence-electron chi connectivity index (χ4n) is 4.19. The number of rotatable bonds is 9. The summed E-state index contributed by atoms with van der Waals surface area (Å²) < 4.78 is 0. The van der Waals surface area contributed by atoms with Gasteiger partial charge in [-0.3, -0.25) is 0 Å². The van der Waals surface area contributed by atoms with Crippen LogP contribution in [0.25, 0.3) is 23.4 Å². The largest absolute Gasteiger partial charge is 0.311 e. The van der Waals surface area contributed by atoms with Crippen molar-refractivity contribution in [1.29, 1.82) is 0 Å². The van der Waals surface area contributed by atoms with Gasteiger partial charge in [0.25, 0.3) is 0 Å². The van der Waals surface area contributed by atoms with Crippen molar-refractivity contribution in [3.05, 3.63) is 164 Å².